The lowest BCUT2D eigenvalue weighted by molar-refractivity contribution is -0.128. The van der Waals surface area contributed by atoms with Gasteiger partial charge in [-0.3, -0.25) is 9.59 Å². The molecule has 4 atom stereocenters. The van der Waals surface area contributed by atoms with Crippen molar-refractivity contribution in [3.8, 4) is 0 Å². The fourth-order valence-corrected chi connectivity index (χ4v) is 2.73. The van der Waals surface area contributed by atoms with E-state index in [2.05, 4.69) is 10.6 Å². The minimum Gasteiger partial charge on any atom is -0.388 e. The zero-order valence-electron chi connectivity index (χ0n) is 14.4. The van der Waals surface area contributed by atoms with Gasteiger partial charge in [0.05, 0.1) is 12.5 Å². The lowest BCUT2D eigenvalue weighted by atomic mass is 10.0. The second kappa shape index (κ2) is 9.20. The Balaban J connectivity index is 2.50. The van der Waals surface area contributed by atoms with Crippen molar-refractivity contribution in [2.24, 2.45) is 5.92 Å². The molecule has 4 N–H and O–H groups in total. The van der Waals surface area contributed by atoms with Gasteiger partial charge in [0, 0.05) is 18.5 Å². The minimum atomic E-state index is -1.14. The van der Waals surface area contributed by atoms with Gasteiger partial charge in [0.25, 0.3) is 0 Å². The molecule has 2 amide bonds. The maximum absolute atomic E-state index is 12.0. The predicted molar refractivity (Wildman–Crippen MR) is 85.7 cm³/mol. The molecule has 1 rings (SSSR count). The lowest BCUT2D eigenvalue weighted by Crippen LogP contribution is -2.41. The molecule has 1 aliphatic rings. The molecule has 1 aliphatic heterocycles. The van der Waals surface area contributed by atoms with Crippen molar-refractivity contribution in [1.82, 2.24) is 10.6 Å². The summed E-state index contributed by atoms with van der Waals surface area (Å²) in [4.78, 5) is 23.7. The van der Waals surface area contributed by atoms with Crippen LogP contribution in [0.4, 0.5) is 0 Å². The van der Waals surface area contributed by atoms with Gasteiger partial charge in [0.1, 0.15) is 18.3 Å². The van der Waals surface area contributed by atoms with Crippen LogP contribution in [0.2, 0.25) is 0 Å². The first-order valence-electron chi connectivity index (χ1n) is 8.38. The summed E-state index contributed by atoms with van der Waals surface area (Å²) in [6.07, 6.45) is -2.25. The van der Waals surface area contributed by atoms with Gasteiger partial charge in [-0.1, -0.05) is 13.8 Å². The van der Waals surface area contributed by atoms with Gasteiger partial charge in [0.15, 0.2) is 0 Å². The number of nitrogens with one attached hydrogen (secondary N) is 2. The fourth-order valence-electron chi connectivity index (χ4n) is 2.73. The number of carbonyl (C=O) groups excluding carboxylic acids is 2. The molecule has 1 saturated heterocycles. The number of aliphatic hydroxyl groups excluding tert-OH is 2. The zero-order valence-corrected chi connectivity index (χ0v) is 14.4. The maximum Gasteiger partial charge on any atom is 0.223 e. The van der Waals surface area contributed by atoms with E-state index in [0.717, 1.165) is 12.8 Å². The Bertz CT molecular complexity index is 398. The fraction of sp³-hybridized carbons (Fsp3) is 0.875. The number of hydrogen-bond donors (Lipinski definition) is 4. The molecule has 0 aromatic rings. The lowest BCUT2D eigenvalue weighted by Gasteiger charge is -2.18. The van der Waals surface area contributed by atoms with Crippen LogP contribution in [-0.4, -0.2) is 59.0 Å². The summed E-state index contributed by atoms with van der Waals surface area (Å²) in [5.41, 5.74) is 0. The number of hydrogen-bond acceptors (Lipinski definition) is 5. The molecule has 0 saturated carbocycles. The molecule has 0 aliphatic carbocycles. The van der Waals surface area contributed by atoms with E-state index in [1.54, 1.807) is 0 Å². The highest BCUT2D eigenvalue weighted by atomic mass is 16.5. The molecule has 1 heterocycles. The van der Waals surface area contributed by atoms with Crippen molar-refractivity contribution >= 4 is 11.8 Å². The van der Waals surface area contributed by atoms with Crippen molar-refractivity contribution in [2.45, 2.75) is 77.4 Å². The SMILES string of the molecule is CCC(CC)C(=O)NCC1OC(CC(=O)NC(C)C)C(O)C1O. The molecule has 0 bridgehead atoms. The van der Waals surface area contributed by atoms with Crippen LogP contribution in [0.25, 0.3) is 0 Å². The molecule has 0 radical (unpaired) electrons. The van der Waals surface area contributed by atoms with E-state index < -0.39 is 24.4 Å². The first-order valence-corrected chi connectivity index (χ1v) is 8.38. The van der Waals surface area contributed by atoms with Crippen LogP contribution in [0, 0.1) is 5.92 Å². The number of ether oxygens (including phenoxy) is 1. The summed E-state index contributed by atoms with van der Waals surface area (Å²) in [5, 5.41) is 25.5. The molecule has 0 aromatic carbocycles. The second-order valence-electron chi connectivity index (χ2n) is 6.38. The average molecular weight is 330 g/mol. The van der Waals surface area contributed by atoms with E-state index >= 15 is 0 Å². The summed E-state index contributed by atoms with van der Waals surface area (Å²) >= 11 is 0. The number of carbonyl (C=O) groups is 2. The highest BCUT2D eigenvalue weighted by molar-refractivity contribution is 5.78. The summed E-state index contributed by atoms with van der Waals surface area (Å²) in [6, 6.07) is 0.000996. The Kier molecular flexibility index (Phi) is 7.94. The van der Waals surface area contributed by atoms with Crippen LogP contribution in [0.5, 0.6) is 0 Å². The van der Waals surface area contributed by atoms with Crippen LogP contribution in [-0.2, 0) is 14.3 Å². The van der Waals surface area contributed by atoms with E-state index in [1.165, 1.54) is 0 Å². The van der Waals surface area contributed by atoms with Gasteiger partial charge in [0.2, 0.25) is 11.8 Å². The van der Waals surface area contributed by atoms with Crippen molar-refractivity contribution in [1.29, 1.82) is 0 Å². The molecular formula is C16H30N2O5. The van der Waals surface area contributed by atoms with E-state index in [0.29, 0.717) is 0 Å². The largest absolute Gasteiger partial charge is 0.388 e. The number of aliphatic hydroxyl groups is 2. The van der Waals surface area contributed by atoms with E-state index in [4.69, 9.17) is 4.74 Å². The van der Waals surface area contributed by atoms with E-state index in [-0.39, 0.29) is 36.7 Å². The first kappa shape index (κ1) is 19.9. The molecule has 4 unspecified atom stereocenters. The minimum absolute atomic E-state index is 0.000996. The molecule has 134 valence electrons. The maximum atomic E-state index is 12.0. The van der Waals surface area contributed by atoms with Gasteiger partial charge in [-0.15, -0.1) is 0 Å². The normalized spacial score (nSPS) is 27.5. The van der Waals surface area contributed by atoms with E-state index in [9.17, 15) is 19.8 Å². The zero-order chi connectivity index (χ0) is 17.6. The Morgan fingerprint density at radius 1 is 1.09 bits per heavy atom. The van der Waals surface area contributed by atoms with Crippen molar-refractivity contribution < 1.29 is 24.5 Å². The van der Waals surface area contributed by atoms with Gasteiger partial charge in [-0.25, -0.2) is 0 Å². The Morgan fingerprint density at radius 2 is 1.65 bits per heavy atom. The summed E-state index contributed by atoms with van der Waals surface area (Å²) in [5.74, 6) is -0.384. The van der Waals surface area contributed by atoms with Gasteiger partial charge in [-0.2, -0.15) is 0 Å². The molecule has 7 nitrogen and oxygen atoms in total. The van der Waals surface area contributed by atoms with Crippen LogP contribution in [0.3, 0.4) is 0 Å². The standard InChI is InChI=1S/C16H30N2O5/c1-5-10(6-2)16(22)17-8-12-15(21)14(20)11(23-12)7-13(19)18-9(3)4/h9-12,14-15,20-21H,5-8H2,1-4H3,(H,17,22)(H,18,19). The van der Waals surface area contributed by atoms with Crippen LogP contribution in [0.1, 0.15) is 47.0 Å². The molecule has 0 aromatic heterocycles. The third-order valence-electron chi connectivity index (χ3n) is 4.13. The Hall–Kier alpha value is -1.18. The molecule has 1 fully saturated rings. The average Bonchev–Trinajstić information content (AvgIpc) is 2.73. The molecule has 0 spiro atoms. The van der Waals surface area contributed by atoms with Gasteiger partial charge in [-0.05, 0) is 26.7 Å². The topological polar surface area (TPSA) is 108 Å². The number of rotatable bonds is 8. The van der Waals surface area contributed by atoms with Gasteiger partial charge >= 0.3 is 0 Å². The van der Waals surface area contributed by atoms with Crippen molar-refractivity contribution in [3.05, 3.63) is 0 Å². The van der Waals surface area contributed by atoms with Crippen LogP contribution in [0.15, 0.2) is 0 Å². The second-order valence-corrected chi connectivity index (χ2v) is 6.38. The summed E-state index contributed by atoms with van der Waals surface area (Å²) in [7, 11) is 0. The van der Waals surface area contributed by atoms with Crippen molar-refractivity contribution in [3.63, 3.8) is 0 Å². The Morgan fingerprint density at radius 3 is 2.17 bits per heavy atom. The first-order chi connectivity index (χ1) is 10.8. The van der Waals surface area contributed by atoms with Gasteiger partial charge < -0.3 is 25.6 Å². The quantitative estimate of drug-likeness (QED) is 0.499. The highest BCUT2D eigenvalue weighted by Crippen LogP contribution is 2.23. The molecule has 7 heteroatoms. The monoisotopic (exact) mass is 330 g/mol. The highest BCUT2D eigenvalue weighted by Gasteiger charge is 2.43. The smallest absolute Gasteiger partial charge is 0.223 e. The third kappa shape index (κ3) is 5.75. The summed E-state index contributed by atoms with van der Waals surface area (Å²) in [6.45, 7) is 7.70. The molecular weight excluding hydrogens is 300 g/mol. The van der Waals surface area contributed by atoms with E-state index in [1.807, 2.05) is 27.7 Å². The van der Waals surface area contributed by atoms with Crippen LogP contribution >= 0.6 is 0 Å². The van der Waals surface area contributed by atoms with Crippen LogP contribution < -0.4 is 10.6 Å². The third-order valence-corrected chi connectivity index (χ3v) is 4.13. The van der Waals surface area contributed by atoms with Crippen molar-refractivity contribution in [2.75, 3.05) is 6.54 Å². The molecule has 23 heavy (non-hydrogen) atoms. The summed E-state index contributed by atoms with van der Waals surface area (Å²) < 4.78 is 5.56. The predicted octanol–water partition coefficient (Wildman–Crippen LogP) is -0.0573. The number of amides is 2. The Labute approximate surface area is 137 Å².